The SMILES string of the molecule is CC1CCC(C(C)(F)CN)CC1C. The molecule has 0 aromatic heterocycles. The quantitative estimate of drug-likeness (QED) is 0.706. The van der Waals surface area contributed by atoms with Crippen molar-refractivity contribution < 1.29 is 4.39 Å². The summed E-state index contributed by atoms with van der Waals surface area (Å²) in [5, 5.41) is 0. The fraction of sp³-hybridized carbons (Fsp3) is 1.00. The first-order chi connectivity index (χ1) is 5.97. The topological polar surface area (TPSA) is 26.0 Å². The third-order valence-corrected chi connectivity index (χ3v) is 3.85. The van der Waals surface area contributed by atoms with Crippen LogP contribution in [0.15, 0.2) is 0 Å². The standard InChI is InChI=1S/C11H22FN/c1-8-4-5-10(6-9(8)2)11(3,12)7-13/h8-10H,4-7,13H2,1-3H3. The zero-order valence-electron chi connectivity index (χ0n) is 9.02. The summed E-state index contributed by atoms with van der Waals surface area (Å²) in [6.45, 7) is 6.31. The molecular weight excluding hydrogens is 165 g/mol. The first-order valence-corrected chi connectivity index (χ1v) is 5.36. The normalized spacial score (nSPS) is 39.9. The Labute approximate surface area is 80.9 Å². The average Bonchev–Trinajstić information content (AvgIpc) is 2.09. The smallest absolute Gasteiger partial charge is 0.123 e. The van der Waals surface area contributed by atoms with Gasteiger partial charge in [0.05, 0.1) is 0 Å². The van der Waals surface area contributed by atoms with Crippen molar-refractivity contribution in [3.63, 3.8) is 0 Å². The van der Waals surface area contributed by atoms with E-state index in [1.54, 1.807) is 6.92 Å². The Hall–Kier alpha value is -0.110. The predicted molar refractivity (Wildman–Crippen MR) is 54.2 cm³/mol. The van der Waals surface area contributed by atoms with Gasteiger partial charge in [0.2, 0.25) is 0 Å². The molecule has 2 N–H and O–H groups in total. The summed E-state index contributed by atoms with van der Waals surface area (Å²) in [6.07, 6.45) is 3.17. The lowest BCUT2D eigenvalue weighted by Crippen LogP contribution is -2.41. The number of hydrogen-bond acceptors (Lipinski definition) is 1. The van der Waals surface area contributed by atoms with Crippen LogP contribution in [0, 0.1) is 17.8 Å². The number of hydrogen-bond donors (Lipinski definition) is 1. The maximum absolute atomic E-state index is 13.9. The maximum Gasteiger partial charge on any atom is 0.123 e. The molecule has 0 aliphatic heterocycles. The monoisotopic (exact) mass is 187 g/mol. The minimum absolute atomic E-state index is 0.165. The van der Waals surface area contributed by atoms with E-state index in [9.17, 15) is 4.39 Å². The van der Waals surface area contributed by atoms with Gasteiger partial charge in [-0.3, -0.25) is 0 Å². The first-order valence-electron chi connectivity index (χ1n) is 5.36. The van der Waals surface area contributed by atoms with E-state index in [1.807, 2.05) is 0 Å². The summed E-state index contributed by atoms with van der Waals surface area (Å²) < 4.78 is 13.9. The fourth-order valence-corrected chi connectivity index (χ4v) is 2.26. The molecule has 0 aromatic carbocycles. The van der Waals surface area contributed by atoms with E-state index in [-0.39, 0.29) is 12.5 Å². The van der Waals surface area contributed by atoms with E-state index >= 15 is 0 Å². The van der Waals surface area contributed by atoms with Crippen molar-refractivity contribution in [3.05, 3.63) is 0 Å². The van der Waals surface area contributed by atoms with Gasteiger partial charge in [-0.2, -0.15) is 0 Å². The van der Waals surface area contributed by atoms with Gasteiger partial charge in [-0.05, 0) is 37.5 Å². The predicted octanol–water partition coefficient (Wildman–Crippen LogP) is 2.75. The minimum atomic E-state index is -1.14. The van der Waals surface area contributed by atoms with Gasteiger partial charge in [0.25, 0.3) is 0 Å². The van der Waals surface area contributed by atoms with Crippen LogP contribution < -0.4 is 5.73 Å². The Morgan fingerprint density at radius 3 is 2.38 bits per heavy atom. The summed E-state index contributed by atoms with van der Waals surface area (Å²) in [7, 11) is 0. The Morgan fingerprint density at radius 2 is 1.92 bits per heavy atom. The molecule has 2 heteroatoms. The number of nitrogens with two attached hydrogens (primary N) is 1. The summed E-state index contributed by atoms with van der Waals surface area (Å²) in [5.74, 6) is 1.59. The van der Waals surface area contributed by atoms with Gasteiger partial charge in [0.1, 0.15) is 5.67 Å². The third-order valence-electron chi connectivity index (χ3n) is 3.85. The van der Waals surface area contributed by atoms with Crippen molar-refractivity contribution in [2.75, 3.05) is 6.54 Å². The zero-order valence-corrected chi connectivity index (χ0v) is 9.02. The molecule has 13 heavy (non-hydrogen) atoms. The highest BCUT2D eigenvalue weighted by molar-refractivity contribution is 4.88. The Morgan fingerprint density at radius 1 is 1.31 bits per heavy atom. The molecular formula is C11H22FN. The van der Waals surface area contributed by atoms with Crippen molar-refractivity contribution in [1.29, 1.82) is 0 Å². The van der Waals surface area contributed by atoms with Gasteiger partial charge >= 0.3 is 0 Å². The van der Waals surface area contributed by atoms with Crippen LogP contribution in [0.3, 0.4) is 0 Å². The first kappa shape index (κ1) is 11.0. The molecule has 4 atom stereocenters. The molecule has 1 aliphatic rings. The van der Waals surface area contributed by atoms with Crippen molar-refractivity contribution in [2.45, 2.75) is 45.7 Å². The second-order valence-corrected chi connectivity index (χ2v) is 4.95. The summed E-state index contributed by atoms with van der Waals surface area (Å²) >= 11 is 0. The number of alkyl halides is 1. The van der Waals surface area contributed by atoms with E-state index in [4.69, 9.17) is 5.73 Å². The highest BCUT2D eigenvalue weighted by Gasteiger charge is 2.37. The molecule has 0 amide bonds. The van der Waals surface area contributed by atoms with Crippen molar-refractivity contribution in [3.8, 4) is 0 Å². The molecule has 1 fully saturated rings. The molecule has 0 bridgehead atoms. The van der Waals surface area contributed by atoms with Gasteiger partial charge in [-0.1, -0.05) is 20.3 Å². The van der Waals surface area contributed by atoms with Gasteiger partial charge in [-0.15, -0.1) is 0 Å². The van der Waals surface area contributed by atoms with Crippen LogP contribution in [0.2, 0.25) is 0 Å². The fourth-order valence-electron chi connectivity index (χ4n) is 2.26. The lowest BCUT2D eigenvalue weighted by Gasteiger charge is -2.38. The average molecular weight is 187 g/mol. The Bertz CT molecular complexity index is 167. The molecule has 0 spiro atoms. The third kappa shape index (κ3) is 2.43. The summed E-state index contributed by atoms with van der Waals surface area (Å²) in [6, 6.07) is 0. The Balaban J connectivity index is 2.55. The molecule has 0 heterocycles. The highest BCUT2D eigenvalue weighted by atomic mass is 19.1. The van der Waals surface area contributed by atoms with Gasteiger partial charge in [-0.25, -0.2) is 4.39 Å². The second kappa shape index (κ2) is 3.95. The van der Waals surface area contributed by atoms with E-state index in [0.717, 1.165) is 25.2 Å². The van der Waals surface area contributed by atoms with E-state index < -0.39 is 5.67 Å². The highest BCUT2D eigenvalue weighted by Crippen LogP contribution is 2.39. The molecule has 1 nitrogen and oxygen atoms in total. The molecule has 0 radical (unpaired) electrons. The summed E-state index contributed by atoms with van der Waals surface area (Å²) in [5.41, 5.74) is 4.30. The lowest BCUT2D eigenvalue weighted by atomic mass is 9.70. The van der Waals surface area contributed by atoms with Crippen molar-refractivity contribution >= 4 is 0 Å². The lowest BCUT2D eigenvalue weighted by molar-refractivity contribution is 0.0514. The van der Waals surface area contributed by atoms with Gasteiger partial charge < -0.3 is 5.73 Å². The van der Waals surface area contributed by atoms with E-state index in [0.29, 0.717) is 5.92 Å². The minimum Gasteiger partial charge on any atom is -0.328 e. The van der Waals surface area contributed by atoms with Crippen LogP contribution in [0.4, 0.5) is 4.39 Å². The molecule has 1 aliphatic carbocycles. The van der Waals surface area contributed by atoms with E-state index in [1.165, 1.54) is 0 Å². The van der Waals surface area contributed by atoms with Gasteiger partial charge in [0.15, 0.2) is 0 Å². The Kier molecular flexibility index (Phi) is 3.33. The van der Waals surface area contributed by atoms with Crippen LogP contribution in [-0.2, 0) is 0 Å². The van der Waals surface area contributed by atoms with Gasteiger partial charge in [0, 0.05) is 6.54 Å². The molecule has 4 unspecified atom stereocenters. The van der Waals surface area contributed by atoms with Crippen LogP contribution in [0.5, 0.6) is 0 Å². The second-order valence-electron chi connectivity index (χ2n) is 4.95. The molecule has 1 saturated carbocycles. The molecule has 0 saturated heterocycles. The summed E-state index contributed by atoms with van der Waals surface area (Å²) in [4.78, 5) is 0. The van der Waals surface area contributed by atoms with Crippen LogP contribution in [0.1, 0.15) is 40.0 Å². The molecule has 0 aromatic rings. The van der Waals surface area contributed by atoms with Crippen LogP contribution in [0.25, 0.3) is 0 Å². The van der Waals surface area contributed by atoms with Crippen molar-refractivity contribution in [2.24, 2.45) is 23.5 Å². The number of halogens is 1. The molecule has 1 rings (SSSR count). The van der Waals surface area contributed by atoms with Crippen LogP contribution >= 0.6 is 0 Å². The maximum atomic E-state index is 13.9. The van der Waals surface area contributed by atoms with Crippen molar-refractivity contribution in [1.82, 2.24) is 0 Å². The zero-order chi connectivity index (χ0) is 10.1. The molecule has 78 valence electrons. The number of rotatable bonds is 2. The van der Waals surface area contributed by atoms with E-state index in [2.05, 4.69) is 13.8 Å². The largest absolute Gasteiger partial charge is 0.328 e. The van der Waals surface area contributed by atoms with Crippen LogP contribution in [-0.4, -0.2) is 12.2 Å².